The summed E-state index contributed by atoms with van der Waals surface area (Å²) < 4.78 is 5.20. The van der Waals surface area contributed by atoms with E-state index in [2.05, 4.69) is 30.4 Å². The molecule has 3 heterocycles. The Kier molecular flexibility index (Phi) is 4.93. The van der Waals surface area contributed by atoms with E-state index in [0.717, 1.165) is 5.56 Å². The average molecular weight is 339 g/mol. The van der Waals surface area contributed by atoms with Crippen LogP contribution in [0.5, 0.6) is 0 Å². The molecule has 0 saturated carbocycles. The van der Waals surface area contributed by atoms with Crippen molar-refractivity contribution in [1.29, 1.82) is 0 Å². The van der Waals surface area contributed by atoms with Gasteiger partial charge in [0.05, 0.1) is 12.1 Å². The van der Waals surface area contributed by atoms with E-state index in [1.54, 1.807) is 25.5 Å². The third-order valence-corrected chi connectivity index (χ3v) is 3.34. The molecule has 3 aromatic heterocycles. The van der Waals surface area contributed by atoms with E-state index < -0.39 is 0 Å². The van der Waals surface area contributed by atoms with Crippen molar-refractivity contribution in [3.63, 3.8) is 0 Å². The predicted molar refractivity (Wildman–Crippen MR) is 89.5 cm³/mol. The van der Waals surface area contributed by atoms with Gasteiger partial charge in [0, 0.05) is 43.9 Å². The molecule has 128 valence electrons. The second kappa shape index (κ2) is 7.47. The molecule has 0 aliphatic rings. The number of hydrogen-bond donors (Lipinski definition) is 1. The van der Waals surface area contributed by atoms with E-state index in [1.807, 2.05) is 13.0 Å². The molecule has 0 radical (unpaired) electrons. The van der Waals surface area contributed by atoms with Gasteiger partial charge in [-0.25, -0.2) is 9.97 Å². The van der Waals surface area contributed by atoms with Crippen LogP contribution in [0, 0.1) is 0 Å². The number of nitrogens with zero attached hydrogens (tertiary/aromatic N) is 6. The van der Waals surface area contributed by atoms with Crippen molar-refractivity contribution in [1.82, 2.24) is 30.0 Å². The second-order valence-corrected chi connectivity index (χ2v) is 5.24. The van der Waals surface area contributed by atoms with Gasteiger partial charge in [-0.15, -0.1) is 0 Å². The number of amides is 1. The SMILES string of the molecule is CCNc1ncc(C(=O)N(C)Cc2nc(-c3cccnc3)no2)cn1. The Balaban J connectivity index is 1.66. The third kappa shape index (κ3) is 3.94. The maximum absolute atomic E-state index is 12.4. The van der Waals surface area contributed by atoms with Gasteiger partial charge in [0.1, 0.15) is 0 Å². The number of nitrogens with one attached hydrogen (secondary N) is 1. The Morgan fingerprint density at radius 2 is 2.08 bits per heavy atom. The van der Waals surface area contributed by atoms with Gasteiger partial charge in [-0.2, -0.15) is 4.98 Å². The molecule has 0 unspecified atom stereocenters. The van der Waals surface area contributed by atoms with Crippen LogP contribution in [0.3, 0.4) is 0 Å². The summed E-state index contributed by atoms with van der Waals surface area (Å²) in [5.74, 6) is 1.02. The lowest BCUT2D eigenvalue weighted by Crippen LogP contribution is -2.26. The molecule has 0 aliphatic heterocycles. The standard InChI is InChI=1S/C16H17N7O2/c1-3-18-16-19-8-12(9-20-16)15(24)23(2)10-13-21-14(22-25-13)11-5-4-6-17-7-11/h4-9H,3,10H2,1-2H3,(H,18,19,20). The summed E-state index contributed by atoms with van der Waals surface area (Å²) in [7, 11) is 1.65. The number of rotatable bonds is 6. The molecule has 0 spiro atoms. The van der Waals surface area contributed by atoms with Crippen molar-refractivity contribution in [2.45, 2.75) is 13.5 Å². The van der Waals surface area contributed by atoms with Gasteiger partial charge in [0.15, 0.2) is 0 Å². The van der Waals surface area contributed by atoms with Crippen LogP contribution in [0.4, 0.5) is 5.95 Å². The molecule has 0 atom stereocenters. The average Bonchev–Trinajstić information content (AvgIpc) is 3.11. The summed E-state index contributed by atoms with van der Waals surface area (Å²) in [5.41, 5.74) is 1.13. The minimum Gasteiger partial charge on any atom is -0.355 e. The van der Waals surface area contributed by atoms with Crippen LogP contribution >= 0.6 is 0 Å². The fourth-order valence-corrected chi connectivity index (χ4v) is 2.11. The zero-order valence-corrected chi connectivity index (χ0v) is 13.9. The van der Waals surface area contributed by atoms with Crippen molar-refractivity contribution >= 4 is 11.9 Å². The van der Waals surface area contributed by atoms with E-state index in [9.17, 15) is 4.79 Å². The van der Waals surface area contributed by atoms with Crippen molar-refractivity contribution < 1.29 is 9.32 Å². The Bertz CT molecular complexity index is 833. The molecule has 9 heteroatoms. The van der Waals surface area contributed by atoms with Gasteiger partial charge >= 0.3 is 0 Å². The van der Waals surface area contributed by atoms with E-state index in [4.69, 9.17) is 4.52 Å². The van der Waals surface area contributed by atoms with Crippen LogP contribution in [-0.2, 0) is 6.54 Å². The van der Waals surface area contributed by atoms with E-state index in [1.165, 1.54) is 17.3 Å². The molecule has 0 saturated heterocycles. The van der Waals surface area contributed by atoms with Gasteiger partial charge in [-0.3, -0.25) is 9.78 Å². The molecular weight excluding hydrogens is 322 g/mol. The molecule has 3 aromatic rings. The molecule has 0 fully saturated rings. The Hall–Kier alpha value is -3.36. The number of anilines is 1. The zero-order valence-electron chi connectivity index (χ0n) is 13.9. The van der Waals surface area contributed by atoms with Crippen LogP contribution in [0.1, 0.15) is 23.2 Å². The first-order chi connectivity index (χ1) is 12.2. The zero-order chi connectivity index (χ0) is 17.6. The minimum absolute atomic E-state index is 0.182. The summed E-state index contributed by atoms with van der Waals surface area (Å²) in [6.07, 6.45) is 6.28. The lowest BCUT2D eigenvalue weighted by atomic mass is 10.3. The summed E-state index contributed by atoms with van der Waals surface area (Å²) in [5, 5.41) is 6.88. The molecule has 0 aromatic carbocycles. The van der Waals surface area contributed by atoms with Crippen molar-refractivity contribution in [3.05, 3.63) is 48.4 Å². The first-order valence-corrected chi connectivity index (χ1v) is 7.71. The van der Waals surface area contributed by atoms with Crippen LogP contribution in [0.2, 0.25) is 0 Å². The summed E-state index contributed by atoms with van der Waals surface area (Å²) in [6, 6.07) is 3.62. The Labute approximate surface area is 144 Å². The fourth-order valence-electron chi connectivity index (χ4n) is 2.11. The Morgan fingerprint density at radius 3 is 2.76 bits per heavy atom. The van der Waals surface area contributed by atoms with Crippen LogP contribution < -0.4 is 5.32 Å². The summed E-state index contributed by atoms with van der Waals surface area (Å²) >= 11 is 0. The normalized spacial score (nSPS) is 10.5. The molecule has 0 bridgehead atoms. The Morgan fingerprint density at radius 1 is 1.28 bits per heavy atom. The summed E-state index contributed by atoms with van der Waals surface area (Å²) in [6.45, 7) is 2.84. The number of hydrogen-bond acceptors (Lipinski definition) is 8. The van der Waals surface area contributed by atoms with E-state index in [0.29, 0.717) is 29.8 Å². The molecule has 25 heavy (non-hydrogen) atoms. The third-order valence-electron chi connectivity index (χ3n) is 3.34. The van der Waals surface area contributed by atoms with Crippen LogP contribution in [0.15, 0.2) is 41.4 Å². The number of aromatic nitrogens is 5. The van der Waals surface area contributed by atoms with Crippen molar-refractivity contribution in [3.8, 4) is 11.4 Å². The highest BCUT2D eigenvalue weighted by atomic mass is 16.5. The lowest BCUT2D eigenvalue weighted by molar-refractivity contribution is 0.0768. The first kappa shape index (κ1) is 16.5. The maximum atomic E-state index is 12.4. The van der Waals surface area contributed by atoms with Gasteiger partial charge in [0.25, 0.3) is 5.91 Å². The number of carbonyl (C=O) groups excluding carboxylic acids is 1. The smallest absolute Gasteiger partial charge is 0.257 e. The fraction of sp³-hybridized carbons (Fsp3) is 0.250. The topological polar surface area (TPSA) is 110 Å². The number of pyridine rings is 1. The summed E-state index contributed by atoms with van der Waals surface area (Å²) in [4.78, 5) is 30.4. The van der Waals surface area contributed by atoms with Crippen molar-refractivity contribution in [2.24, 2.45) is 0 Å². The highest BCUT2D eigenvalue weighted by Gasteiger charge is 2.17. The van der Waals surface area contributed by atoms with E-state index >= 15 is 0 Å². The maximum Gasteiger partial charge on any atom is 0.257 e. The van der Waals surface area contributed by atoms with Gasteiger partial charge in [-0.05, 0) is 19.1 Å². The number of carbonyl (C=O) groups is 1. The highest BCUT2D eigenvalue weighted by Crippen LogP contribution is 2.15. The van der Waals surface area contributed by atoms with Crippen molar-refractivity contribution in [2.75, 3.05) is 18.9 Å². The predicted octanol–water partition coefficient (Wildman–Crippen LogP) is 1.63. The van der Waals surface area contributed by atoms with Gasteiger partial charge in [-0.1, -0.05) is 5.16 Å². The minimum atomic E-state index is -0.232. The second-order valence-electron chi connectivity index (χ2n) is 5.24. The van der Waals surface area contributed by atoms with Crippen LogP contribution in [0.25, 0.3) is 11.4 Å². The van der Waals surface area contributed by atoms with Gasteiger partial charge in [0.2, 0.25) is 17.7 Å². The van der Waals surface area contributed by atoms with E-state index in [-0.39, 0.29) is 12.5 Å². The molecule has 9 nitrogen and oxygen atoms in total. The van der Waals surface area contributed by atoms with Gasteiger partial charge < -0.3 is 14.7 Å². The first-order valence-electron chi connectivity index (χ1n) is 7.71. The molecule has 0 aliphatic carbocycles. The monoisotopic (exact) mass is 339 g/mol. The molecular formula is C16H17N7O2. The lowest BCUT2D eigenvalue weighted by Gasteiger charge is -2.14. The quantitative estimate of drug-likeness (QED) is 0.721. The molecule has 1 amide bonds. The highest BCUT2D eigenvalue weighted by molar-refractivity contribution is 5.93. The van der Waals surface area contributed by atoms with Crippen LogP contribution in [-0.4, -0.2) is 49.5 Å². The molecule has 1 N–H and O–H groups in total. The molecule has 3 rings (SSSR count). The largest absolute Gasteiger partial charge is 0.355 e.